The molecule has 0 aliphatic heterocycles. The molecule has 0 saturated heterocycles. The van der Waals surface area contributed by atoms with Crippen molar-refractivity contribution in [3.05, 3.63) is 34.4 Å². The predicted octanol–water partition coefficient (Wildman–Crippen LogP) is 3.31. The van der Waals surface area contributed by atoms with Crippen LogP contribution in [0.25, 0.3) is 10.8 Å². The van der Waals surface area contributed by atoms with E-state index in [4.69, 9.17) is 4.74 Å². The third kappa shape index (κ3) is 1.48. The second kappa shape index (κ2) is 3.58. The van der Waals surface area contributed by atoms with Crippen molar-refractivity contribution in [2.45, 2.75) is 6.92 Å². The molecule has 2 rings (SSSR count). The number of halogens is 1. The van der Waals surface area contributed by atoms with Gasteiger partial charge in [0, 0.05) is 20.9 Å². The van der Waals surface area contributed by atoms with Gasteiger partial charge < -0.3 is 4.74 Å². The van der Waals surface area contributed by atoms with Gasteiger partial charge in [-0.3, -0.25) is 0 Å². The van der Waals surface area contributed by atoms with Gasteiger partial charge in [0.15, 0.2) is 0 Å². The smallest absolute Gasteiger partial charge is 0.221 e. The summed E-state index contributed by atoms with van der Waals surface area (Å²) in [5, 5.41) is 2.17. The molecule has 72 valence electrons. The van der Waals surface area contributed by atoms with E-state index in [2.05, 4.69) is 20.9 Å². The normalized spacial score (nSPS) is 10.5. The Morgan fingerprint density at radius 3 is 2.79 bits per heavy atom. The maximum absolute atomic E-state index is 5.23. The van der Waals surface area contributed by atoms with E-state index in [9.17, 15) is 0 Å². The van der Waals surface area contributed by atoms with E-state index in [1.807, 2.05) is 31.2 Å². The first-order valence-corrected chi connectivity index (χ1v) is 5.11. The van der Waals surface area contributed by atoms with Gasteiger partial charge in [-0.15, -0.1) is 0 Å². The van der Waals surface area contributed by atoms with E-state index in [0.717, 1.165) is 20.9 Å². The lowest BCUT2D eigenvalue weighted by Gasteiger charge is -2.06. The second-order valence-corrected chi connectivity index (χ2v) is 3.96. The minimum absolute atomic E-state index is 0.682. The number of nitrogens with zero attached hydrogens (tertiary/aromatic N) is 1. The van der Waals surface area contributed by atoms with Crippen LogP contribution >= 0.6 is 15.9 Å². The summed E-state index contributed by atoms with van der Waals surface area (Å²) in [6.07, 6.45) is 0. The van der Waals surface area contributed by atoms with E-state index in [-0.39, 0.29) is 0 Å². The van der Waals surface area contributed by atoms with Gasteiger partial charge >= 0.3 is 0 Å². The summed E-state index contributed by atoms with van der Waals surface area (Å²) in [5.41, 5.74) is 0.959. The molecule has 0 spiro atoms. The van der Waals surface area contributed by atoms with Gasteiger partial charge in [0.1, 0.15) is 0 Å². The van der Waals surface area contributed by atoms with E-state index in [0.29, 0.717) is 5.88 Å². The number of hydrogen-bond acceptors (Lipinski definition) is 2. The Balaban J connectivity index is 2.87. The summed E-state index contributed by atoms with van der Waals surface area (Å²) in [6.45, 7) is 1.96. The van der Waals surface area contributed by atoms with Crippen LogP contribution in [0.3, 0.4) is 0 Å². The maximum Gasteiger partial charge on any atom is 0.221 e. The summed E-state index contributed by atoms with van der Waals surface area (Å²) < 4.78 is 6.30. The zero-order chi connectivity index (χ0) is 10.1. The van der Waals surface area contributed by atoms with Crippen molar-refractivity contribution in [3.8, 4) is 5.88 Å². The molecule has 0 radical (unpaired) electrons. The molecule has 0 amide bonds. The molecule has 1 aromatic heterocycles. The Morgan fingerprint density at radius 1 is 1.29 bits per heavy atom. The molecule has 2 aromatic rings. The average Bonchev–Trinajstić information content (AvgIpc) is 2.18. The van der Waals surface area contributed by atoms with Gasteiger partial charge in [-0.2, -0.15) is 0 Å². The quantitative estimate of drug-likeness (QED) is 0.776. The predicted molar refractivity (Wildman–Crippen MR) is 60.7 cm³/mol. The first-order chi connectivity index (χ1) is 6.72. The first-order valence-electron chi connectivity index (χ1n) is 4.32. The summed E-state index contributed by atoms with van der Waals surface area (Å²) in [4.78, 5) is 4.32. The maximum atomic E-state index is 5.23. The highest BCUT2D eigenvalue weighted by Crippen LogP contribution is 2.29. The average molecular weight is 252 g/mol. The molecule has 1 aromatic carbocycles. The van der Waals surface area contributed by atoms with E-state index >= 15 is 0 Å². The zero-order valence-electron chi connectivity index (χ0n) is 8.04. The van der Waals surface area contributed by atoms with Crippen molar-refractivity contribution in [2.75, 3.05) is 7.11 Å². The van der Waals surface area contributed by atoms with Crippen LogP contribution in [0.5, 0.6) is 5.88 Å². The van der Waals surface area contributed by atoms with Crippen molar-refractivity contribution in [2.24, 2.45) is 0 Å². The van der Waals surface area contributed by atoms with Gasteiger partial charge in [0.2, 0.25) is 5.88 Å². The number of fused-ring (bicyclic) bond motifs is 1. The Labute approximate surface area is 91.0 Å². The van der Waals surface area contributed by atoms with Crippen molar-refractivity contribution in [3.63, 3.8) is 0 Å². The molecule has 0 bridgehead atoms. The number of rotatable bonds is 1. The molecule has 0 N–H and O–H groups in total. The molecule has 0 fully saturated rings. The number of methoxy groups -OCH3 is 1. The number of hydrogen-bond donors (Lipinski definition) is 0. The lowest BCUT2D eigenvalue weighted by Crippen LogP contribution is -1.91. The summed E-state index contributed by atoms with van der Waals surface area (Å²) in [6, 6.07) is 8.04. The Morgan fingerprint density at radius 2 is 2.07 bits per heavy atom. The summed E-state index contributed by atoms with van der Waals surface area (Å²) in [5.74, 6) is 0.682. The molecular weight excluding hydrogens is 242 g/mol. The molecule has 0 aliphatic rings. The fraction of sp³-hybridized carbons (Fsp3) is 0.182. The third-order valence-corrected chi connectivity index (χ3v) is 2.80. The highest BCUT2D eigenvalue weighted by atomic mass is 79.9. The molecule has 0 atom stereocenters. The van der Waals surface area contributed by atoms with Gasteiger partial charge in [-0.05, 0) is 25.1 Å². The van der Waals surface area contributed by atoms with Crippen LogP contribution in [0.1, 0.15) is 5.69 Å². The van der Waals surface area contributed by atoms with E-state index in [1.165, 1.54) is 0 Å². The van der Waals surface area contributed by atoms with Gasteiger partial charge in [-0.25, -0.2) is 4.98 Å². The standard InChI is InChI=1S/C11H10BrNO/c1-7-6-9-8(11(13-7)14-2)4-3-5-10(9)12/h3-6H,1-2H3. The number of benzene rings is 1. The fourth-order valence-corrected chi connectivity index (χ4v) is 1.97. The van der Waals surface area contributed by atoms with Crippen LogP contribution < -0.4 is 4.74 Å². The molecule has 14 heavy (non-hydrogen) atoms. The Bertz CT molecular complexity index is 482. The summed E-state index contributed by atoms with van der Waals surface area (Å²) >= 11 is 3.51. The minimum atomic E-state index is 0.682. The van der Waals surface area contributed by atoms with Crippen LogP contribution in [0.4, 0.5) is 0 Å². The van der Waals surface area contributed by atoms with E-state index in [1.54, 1.807) is 7.11 Å². The SMILES string of the molecule is COc1nc(C)cc2c(Br)cccc12. The van der Waals surface area contributed by atoms with Crippen molar-refractivity contribution in [1.82, 2.24) is 4.98 Å². The molecule has 0 saturated carbocycles. The molecule has 0 unspecified atom stereocenters. The van der Waals surface area contributed by atoms with Crippen LogP contribution in [0, 0.1) is 6.92 Å². The van der Waals surface area contributed by atoms with Crippen molar-refractivity contribution < 1.29 is 4.74 Å². The van der Waals surface area contributed by atoms with Crippen molar-refractivity contribution in [1.29, 1.82) is 0 Å². The topological polar surface area (TPSA) is 22.1 Å². The largest absolute Gasteiger partial charge is 0.481 e. The molecule has 1 heterocycles. The van der Waals surface area contributed by atoms with Gasteiger partial charge in [0.25, 0.3) is 0 Å². The highest BCUT2D eigenvalue weighted by Gasteiger charge is 2.05. The van der Waals surface area contributed by atoms with Crippen LogP contribution in [-0.2, 0) is 0 Å². The number of aromatic nitrogens is 1. The number of pyridine rings is 1. The lowest BCUT2D eigenvalue weighted by atomic mass is 10.1. The molecule has 3 heteroatoms. The monoisotopic (exact) mass is 251 g/mol. The van der Waals surface area contributed by atoms with Gasteiger partial charge in [-0.1, -0.05) is 22.0 Å². The third-order valence-electron chi connectivity index (χ3n) is 2.11. The molecular formula is C11H10BrNO. The second-order valence-electron chi connectivity index (χ2n) is 3.11. The highest BCUT2D eigenvalue weighted by molar-refractivity contribution is 9.10. The molecule has 2 nitrogen and oxygen atoms in total. The first kappa shape index (κ1) is 9.46. The number of aryl methyl sites for hydroxylation is 1. The lowest BCUT2D eigenvalue weighted by molar-refractivity contribution is 0.402. The van der Waals surface area contributed by atoms with Crippen LogP contribution in [-0.4, -0.2) is 12.1 Å². The minimum Gasteiger partial charge on any atom is -0.481 e. The summed E-state index contributed by atoms with van der Waals surface area (Å²) in [7, 11) is 1.64. The Hall–Kier alpha value is -1.09. The number of ether oxygens (including phenoxy) is 1. The van der Waals surface area contributed by atoms with Crippen LogP contribution in [0.15, 0.2) is 28.7 Å². The van der Waals surface area contributed by atoms with Crippen LogP contribution in [0.2, 0.25) is 0 Å². The molecule has 0 aliphatic carbocycles. The van der Waals surface area contributed by atoms with E-state index < -0.39 is 0 Å². The van der Waals surface area contributed by atoms with Crippen molar-refractivity contribution >= 4 is 26.7 Å². The zero-order valence-corrected chi connectivity index (χ0v) is 9.63. The van der Waals surface area contributed by atoms with Gasteiger partial charge in [0.05, 0.1) is 7.11 Å². The Kier molecular flexibility index (Phi) is 2.42. The fourth-order valence-electron chi connectivity index (χ4n) is 1.49.